The van der Waals surface area contributed by atoms with Crippen LogP contribution in [0.3, 0.4) is 0 Å². The van der Waals surface area contributed by atoms with E-state index in [1.165, 1.54) is 17.0 Å². The predicted octanol–water partition coefficient (Wildman–Crippen LogP) is 1.02. The van der Waals surface area contributed by atoms with Gasteiger partial charge in [0, 0.05) is 28.8 Å². The van der Waals surface area contributed by atoms with Crippen LogP contribution in [0.5, 0.6) is 0 Å². The molecule has 0 atom stereocenters. The van der Waals surface area contributed by atoms with Crippen LogP contribution in [0.4, 0.5) is 5.69 Å². The molecule has 0 unspecified atom stereocenters. The first-order valence-electron chi connectivity index (χ1n) is 4.90. The standard InChI is InChI=1S/C10H9IN2O4/c11-9-2-1-6(13(16)17)3-8(9)10(15)12-4-7(14)5-12/h1-3,7,14H,4-5H2. The minimum Gasteiger partial charge on any atom is -0.389 e. The lowest BCUT2D eigenvalue weighted by molar-refractivity contribution is -0.384. The molecular weight excluding hydrogens is 339 g/mol. The Bertz CT molecular complexity index is 485. The van der Waals surface area contributed by atoms with Crippen LogP contribution in [0.1, 0.15) is 10.4 Å². The Labute approximate surface area is 111 Å². The summed E-state index contributed by atoms with van der Waals surface area (Å²) in [6, 6.07) is 4.18. The third kappa shape index (κ3) is 2.39. The SMILES string of the molecule is O=C(c1cc([N+](=O)[O-])ccc1I)N1CC(O)C1. The lowest BCUT2D eigenvalue weighted by Gasteiger charge is -2.36. The van der Waals surface area contributed by atoms with Gasteiger partial charge in [-0.3, -0.25) is 14.9 Å². The monoisotopic (exact) mass is 348 g/mol. The van der Waals surface area contributed by atoms with Gasteiger partial charge in [-0.15, -0.1) is 0 Å². The second-order valence-corrected chi connectivity index (χ2v) is 4.95. The number of nitro groups is 1. The van der Waals surface area contributed by atoms with E-state index in [1.54, 1.807) is 6.07 Å². The molecule has 1 N–H and O–H groups in total. The van der Waals surface area contributed by atoms with E-state index < -0.39 is 11.0 Å². The predicted molar refractivity (Wildman–Crippen MR) is 67.7 cm³/mol. The van der Waals surface area contributed by atoms with E-state index in [9.17, 15) is 14.9 Å². The molecule has 90 valence electrons. The molecular formula is C10H9IN2O4. The van der Waals surface area contributed by atoms with E-state index in [4.69, 9.17) is 5.11 Å². The molecule has 1 saturated heterocycles. The summed E-state index contributed by atoms with van der Waals surface area (Å²) in [5, 5.41) is 19.8. The molecule has 17 heavy (non-hydrogen) atoms. The Morgan fingerprint density at radius 3 is 2.71 bits per heavy atom. The van der Waals surface area contributed by atoms with Crippen molar-refractivity contribution in [1.82, 2.24) is 4.90 Å². The van der Waals surface area contributed by atoms with Crippen LogP contribution in [0.15, 0.2) is 18.2 Å². The van der Waals surface area contributed by atoms with Crippen LogP contribution < -0.4 is 0 Å². The summed E-state index contributed by atoms with van der Waals surface area (Å²) in [7, 11) is 0. The summed E-state index contributed by atoms with van der Waals surface area (Å²) in [5.74, 6) is -0.275. The largest absolute Gasteiger partial charge is 0.389 e. The van der Waals surface area contributed by atoms with E-state index in [0.717, 1.165) is 0 Å². The highest BCUT2D eigenvalue weighted by Gasteiger charge is 2.31. The molecule has 1 aliphatic heterocycles. The minimum absolute atomic E-state index is 0.102. The Balaban J connectivity index is 2.27. The van der Waals surface area contributed by atoms with Crippen molar-refractivity contribution in [3.8, 4) is 0 Å². The van der Waals surface area contributed by atoms with Crippen molar-refractivity contribution in [3.63, 3.8) is 0 Å². The van der Waals surface area contributed by atoms with Crippen molar-refractivity contribution in [2.45, 2.75) is 6.10 Å². The molecule has 0 bridgehead atoms. The van der Waals surface area contributed by atoms with Gasteiger partial charge in [-0.05, 0) is 28.7 Å². The highest BCUT2D eigenvalue weighted by molar-refractivity contribution is 14.1. The van der Waals surface area contributed by atoms with Crippen LogP contribution in [0, 0.1) is 13.7 Å². The number of carbonyl (C=O) groups excluding carboxylic acids is 1. The number of likely N-dealkylation sites (tertiary alicyclic amines) is 1. The van der Waals surface area contributed by atoms with Gasteiger partial charge in [-0.2, -0.15) is 0 Å². The number of β-amino-alcohol motifs (C(OH)–C–C–N with tert-alkyl or cyclic N) is 1. The van der Waals surface area contributed by atoms with Crippen molar-refractivity contribution < 1.29 is 14.8 Å². The van der Waals surface area contributed by atoms with Crippen molar-refractivity contribution in [1.29, 1.82) is 0 Å². The average Bonchev–Trinajstić information content (AvgIpc) is 2.24. The van der Waals surface area contributed by atoms with Gasteiger partial charge in [0.2, 0.25) is 0 Å². The molecule has 1 amide bonds. The van der Waals surface area contributed by atoms with Crippen molar-refractivity contribution in [2.75, 3.05) is 13.1 Å². The van der Waals surface area contributed by atoms with E-state index >= 15 is 0 Å². The second-order valence-electron chi connectivity index (χ2n) is 3.79. The van der Waals surface area contributed by atoms with Crippen molar-refractivity contribution in [3.05, 3.63) is 37.4 Å². The number of rotatable bonds is 2. The quantitative estimate of drug-likeness (QED) is 0.491. The molecule has 1 aromatic rings. The number of benzene rings is 1. The van der Waals surface area contributed by atoms with Crippen LogP contribution >= 0.6 is 22.6 Å². The summed E-state index contributed by atoms with van der Waals surface area (Å²) in [6.07, 6.45) is -0.477. The fourth-order valence-electron chi connectivity index (χ4n) is 1.58. The van der Waals surface area contributed by atoms with Crippen LogP contribution in [-0.2, 0) is 0 Å². The number of nitro benzene ring substituents is 1. The Hall–Kier alpha value is -1.22. The molecule has 1 heterocycles. The Morgan fingerprint density at radius 1 is 1.53 bits per heavy atom. The summed E-state index contributed by atoms with van der Waals surface area (Å²) in [5.41, 5.74) is 0.210. The van der Waals surface area contributed by atoms with Crippen LogP contribution in [-0.4, -0.2) is 40.0 Å². The zero-order valence-electron chi connectivity index (χ0n) is 8.67. The molecule has 6 nitrogen and oxygen atoms in total. The van der Waals surface area contributed by atoms with Crippen LogP contribution in [0.2, 0.25) is 0 Å². The molecule has 0 aliphatic carbocycles. The van der Waals surface area contributed by atoms with Gasteiger partial charge in [0.1, 0.15) is 0 Å². The van der Waals surface area contributed by atoms with Gasteiger partial charge >= 0.3 is 0 Å². The zero-order valence-corrected chi connectivity index (χ0v) is 10.8. The first-order chi connectivity index (χ1) is 7.99. The molecule has 0 radical (unpaired) electrons. The molecule has 0 spiro atoms. The number of carbonyl (C=O) groups is 1. The van der Waals surface area contributed by atoms with E-state index in [2.05, 4.69) is 0 Å². The lowest BCUT2D eigenvalue weighted by atomic mass is 10.1. The number of aliphatic hydroxyl groups excluding tert-OH is 1. The highest BCUT2D eigenvalue weighted by atomic mass is 127. The average molecular weight is 348 g/mol. The zero-order chi connectivity index (χ0) is 12.6. The van der Waals surface area contributed by atoms with Gasteiger partial charge in [-0.25, -0.2) is 0 Å². The third-order valence-corrected chi connectivity index (χ3v) is 3.48. The summed E-state index contributed by atoms with van der Waals surface area (Å²) < 4.78 is 0.666. The van der Waals surface area contributed by atoms with E-state index in [1.807, 2.05) is 22.6 Å². The van der Waals surface area contributed by atoms with Crippen LogP contribution in [0.25, 0.3) is 0 Å². The molecule has 0 saturated carbocycles. The molecule has 2 rings (SSSR count). The fraction of sp³-hybridized carbons (Fsp3) is 0.300. The molecule has 0 aromatic heterocycles. The van der Waals surface area contributed by atoms with E-state index in [-0.39, 0.29) is 24.7 Å². The highest BCUT2D eigenvalue weighted by Crippen LogP contribution is 2.22. The molecule has 1 fully saturated rings. The first-order valence-corrected chi connectivity index (χ1v) is 5.98. The number of amides is 1. The smallest absolute Gasteiger partial charge is 0.270 e. The second kappa shape index (κ2) is 4.57. The summed E-state index contributed by atoms with van der Waals surface area (Å²) in [6.45, 7) is 0.579. The normalized spacial score (nSPS) is 15.5. The minimum atomic E-state index is -0.530. The maximum absolute atomic E-state index is 12.0. The molecule has 1 aromatic carbocycles. The third-order valence-electron chi connectivity index (χ3n) is 2.54. The maximum Gasteiger partial charge on any atom is 0.270 e. The summed E-state index contributed by atoms with van der Waals surface area (Å²) >= 11 is 1.96. The molecule has 7 heteroatoms. The van der Waals surface area contributed by atoms with Gasteiger partial charge in [0.25, 0.3) is 11.6 Å². The fourth-order valence-corrected chi connectivity index (χ4v) is 2.15. The first kappa shape index (κ1) is 12.2. The van der Waals surface area contributed by atoms with E-state index in [0.29, 0.717) is 9.13 Å². The van der Waals surface area contributed by atoms with Gasteiger partial charge in [-0.1, -0.05) is 0 Å². The Morgan fingerprint density at radius 2 is 2.18 bits per heavy atom. The number of hydrogen-bond donors (Lipinski definition) is 1. The maximum atomic E-state index is 12.0. The number of non-ortho nitro benzene ring substituents is 1. The van der Waals surface area contributed by atoms with Gasteiger partial charge in [0.05, 0.1) is 16.6 Å². The Kier molecular flexibility index (Phi) is 3.29. The van der Waals surface area contributed by atoms with Crippen molar-refractivity contribution >= 4 is 34.2 Å². The number of aliphatic hydroxyl groups is 1. The van der Waals surface area contributed by atoms with Gasteiger partial charge in [0.15, 0.2) is 0 Å². The van der Waals surface area contributed by atoms with Crippen molar-refractivity contribution in [2.24, 2.45) is 0 Å². The number of halogens is 1. The topological polar surface area (TPSA) is 83.7 Å². The molecule has 1 aliphatic rings. The summed E-state index contributed by atoms with van der Waals surface area (Å²) in [4.78, 5) is 23.5. The lowest BCUT2D eigenvalue weighted by Crippen LogP contribution is -2.53. The number of nitrogens with zero attached hydrogens (tertiary/aromatic N) is 2. The van der Waals surface area contributed by atoms with Gasteiger partial charge < -0.3 is 10.0 Å². The number of hydrogen-bond acceptors (Lipinski definition) is 4.